The number of nitrogens with one attached hydrogen (secondary N) is 1. The number of benzene rings is 1. The van der Waals surface area contributed by atoms with E-state index in [0.29, 0.717) is 5.75 Å². The molecule has 2 aromatic rings. The lowest BCUT2D eigenvalue weighted by Gasteiger charge is -2.04. The molecule has 4 nitrogen and oxygen atoms in total. The number of para-hydroxylation sites is 1. The highest BCUT2D eigenvalue weighted by atomic mass is 32.2. The van der Waals surface area contributed by atoms with Gasteiger partial charge >= 0.3 is 0 Å². The van der Waals surface area contributed by atoms with Gasteiger partial charge in [-0.3, -0.25) is 4.99 Å². The topological polar surface area (TPSA) is 68.3 Å². The molecule has 0 aliphatic carbocycles. The maximum Gasteiger partial charge on any atom is 0.101 e. The fourth-order valence-corrected chi connectivity index (χ4v) is 2.94. The highest BCUT2D eigenvalue weighted by Crippen LogP contribution is 2.28. The van der Waals surface area contributed by atoms with Gasteiger partial charge in [-0.15, -0.1) is 11.8 Å². The largest absolute Gasteiger partial charge is 0.548 e. The van der Waals surface area contributed by atoms with Gasteiger partial charge in [-0.05, 0) is 6.07 Å². The second kappa shape index (κ2) is 3.92. The molecule has 3 rings (SSSR count). The predicted molar refractivity (Wildman–Crippen MR) is 66.1 cm³/mol. The van der Waals surface area contributed by atoms with Crippen LogP contribution in [0.2, 0.25) is 0 Å². The van der Waals surface area contributed by atoms with E-state index in [1.54, 1.807) is 0 Å². The van der Waals surface area contributed by atoms with E-state index in [-0.39, 0.29) is 0 Å². The molecular formula is C12H9N2O2S-. The number of hydrogen-bond acceptors (Lipinski definition) is 4. The first-order valence-corrected chi connectivity index (χ1v) is 6.22. The minimum absolute atomic E-state index is 0.456. The highest BCUT2D eigenvalue weighted by Gasteiger charge is 2.21. The Labute approximate surface area is 102 Å². The van der Waals surface area contributed by atoms with Crippen LogP contribution in [0.15, 0.2) is 35.5 Å². The van der Waals surface area contributed by atoms with Gasteiger partial charge in [-0.25, -0.2) is 0 Å². The fourth-order valence-electron chi connectivity index (χ4n) is 1.89. The van der Waals surface area contributed by atoms with E-state index in [1.807, 2.05) is 30.5 Å². The van der Waals surface area contributed by atoms with Crippen LogP contribution in [0.4, 0.5) is 0 Å². The van der Waals surface area contributed by atoms with Gasteiger partial charge in [0, 0.05) is 28.4 Å². The number of rotatable bonds is 2. The molecule has 1 aliphatic heterocycles. The molecule has 86 valence electrons. The van der Waals surface area contributed by atoms with E-state index >= 15 is 0 Å². The Morgan fingerprint density at radius 2 is 2.29 bits per heavy atom. The minimum Gasteiger partial charge on any atom is -0.548 e. The van der Waals surface area contributed by atoms with Gasteiger partial charge < -0.3 is 14.9 Å². The van der Waals surface area contributed by atoms with Crippen molar-refractivity contribution in [1.29, 1.82) is 0 Å². The highest BCUT2D eigenvalue weighted by molar-refractivity contribution is 8.14. The van der Waals surface area contributed by atoms with Gasteiger partial charge in [0.1, 0.15) is 11.1 Å². The van der Waals surface area contributed by atoms with Crippen LogP contribution < -0.4 is 5.11 Å². The molecule has 0 amide bonds. The van der Waals surface area contributed by atoms with Crippen molar-refractivity contribution < 1.29 is 9.90 Å². The summed E-state index contributed by atoms with van der Waals surface area (Å²) in [6.07, 6.45) is 1.87. The van der Waals surface area contributed by atoms with Gasteiger partial charge in [0.15, 0.2) is 0 Å². The van der Waals surface area contributed by atoms with Crippen molar-refractivity contribution in [2.24, 2.45) is 4.99 Å². The Bertz CT molecular complexity index is 618. The average molecular weight is 245 g/mol. The standard InChI is InChI=1S/C12H10N2O2S/c15-12(16)10-6-17-11(14-10)8-5-13-9-4-2-1-3-7(8)9/h1-5,10,13H,6H2,(H,15,16)/p-1. The number of carbonyl (C=O) groups excluding carboxylic acids is 1. The molecule has 1 aromatic heterocycles. The third-order valence-electron chi connectivity index (χ3n) is 2.74. The van der Waals surface area contributed by atoms with E-state index in [4.69, 9.17) is 0 Å². The molecule has 0 bridgehead atoms. The summed E-state index contributed by atoms with van der Waals surface area (Å²) in [7, 11) is 0. The number of thioether (sulfide) groups is 1. The number of aromatic nitrogens is 1. The van der Waals surface area contributed by atoms with Crippen LogP contribution in [-0.4, -0.2) is 27.8 Å². The van der Waals surface area contributed by atoms with E-state index in [2.05, 4.69) is 9.98 Å². The number of aliphatic carboxylic acids is 1. The molecule has 1 aliphatic rings. The molecule has 1 atom stereocenters. The Morgan fingerprint density at radius 3 is 3.06 bits per heavy atom. The zero-order valence-corrected chi connectivity index (χ0v) is 9.66. The Balaban J connectivity index is 2.05. The maximum absolute atomic E-state index is 10.7. The molecule has 0 fully saturated rings. The summed E-state index contributed by atoms with van der Waals surface area (Å²) in [5, 5.41) is 12.6. The van der Waals surface area contributed by atoms with Gasteiger partial charge in [0.25, 0.3) is 0 Å². The van der Waals surface area contributed by atoms with E-state index in [1.165, 1.54) is 11.8 Å². The number of fused-ring (bicyclic) bond motifs is 1. The van der Waals surface area contributed by atoms with Crippen molar-refractivity contribution in [3.63, 3.8) is 0 Å². The normalized spacial score (nSPS) is 19.5. The number of nitrogens with zero attached hydrogens (tertiary/aromatic N) is 1. The number of carbonyl (C=O) groups is 1. The molecule has 0 radical (unpaired) electrons. The molecular weight excluding hydrogens is 236 g/mol. The number of carboxylic acids is 1. The van der Waals surface area contributed by atoms with Gasteiger partial charge in [0.05, 0.1) is 5.97 Å². The third kappa shape index (κ3) is 1.72. The number of H-pyrrole nitrogens is 1. The van der Waals surface area contributed by atoms with Crippen molar-refractivity contribution in [2.75, 3.05) is 5.75 Å². The lowest BCUT2D eigenvalue weighted by molar-refractivity contribution is -0.306. The van der Waals surface area contributed by atoms with Crippen LogP contribution in [-0.2, 0) is 4.79 Å². The Morgan fingerprint density at radius 1 is 1.47 bits per heavy atom. The molecule has 5 heteroatoms. The van der Waals surface area contributed by atoms with Crippen LogP contribution in [0.1, 0.15) is 5.56 Å². The molecule has 2 heterocycles. The van der Waals surface area contributed by atoms with E-state index < -0.39 is 12.0 Å². The molecule has 1 unspecified atom stereocenters. The fraction of sp³-hybridized carbons (Fsp3) is 0.167. The van der Waals surface area contributed by atoms with Crippen LogP contribution in [0.25, 0.3) is 10.9 Å². The quantitative estimate of drug-likeness (QED) is 0.850. The second-order valence-corrected chi connectivity index (χ2v) is 4.84. The molecule has 17 heavy (non-hydrogen) atoms. The van der Waals surface area contributed by atoms with Crippen LogP contribution >= 0.6 is 11.8 Å². The smallest absolute Gasteiger partial charge is 0.101 e. The lowest BCUT2D eigenvalue weighted by Crippen LogP contribution is -2.34. The van der Waals surface area contributed by atoms with Gasteiger partial charge in [0.2, 0.25) is 0 Å². The predicted octanol–water partition coefficient (Wildman–Crippen LogP) is 0.780. The van der Waals surface area contributed by atoms with Gasteiger partial charge in [-0.1, -0.05) is 18.2 Å². The van der Waals surface area contributed by atoms with Crippen LogP contribution in [0, 0.1) is 0 Å². The number of aliphatic imine (C=N–C) groups is 1. The number of hydrogen-bond donors (Lipinski definition) is 1. The summed E-state index contributed by atoms with van der Waals surface area (Å²) < 4.78 is 0. The van der Waals surface area contributed by atoms with Crippen molar-refractivity contribution in [3.05, 3.63) is 36.0 Å². The molecule has 0 spiro atoms. The first kappa shape index (κ1) is 10.4. The lowest BCUT2D eigenvalue weighted by atomic mass is 10.2. The number of carboxylic acid groups (broad SMARTS) is 1. The van der Waals surface area contributed by atoms with Crippen molar-refractivity contribution in [1.82, 2.24) is 4.98 Å². The Hall–Kier alpha value is -1.75. The maximum atomic E-state index is 10.7. The van der Waals surface area contributed by atoms with Crippen molar-refractivity contribution in [2.45, 2.75) is 6.04 Å². The zero-order chi connectivity index (χ0) is 11.8. The summed E-state index contributed by atoms with van der Waals surface area (Å²) in [6.45, 7) is 0. The molecule has 0 saturated heterocycles. The summed E-state index contributed by atoms with van der Waals surface area (Å²) >= 11 is 1.46. The molecule has 1 aromatic carbocycles. The summed E-state index contributed by atoms with van der Waals surface area (Å²) in [4.78, 5) is 18.1. The van der Waals surface area contributed by atoms with Crippen LogP contribution in [0.5, 0.6) is 0 Å². The summed E-state index contributed by atoms with van der Waals surface area (Å²) in [5.41, 5.74) is 2.00. The monoisotopic (exact) mass is 245 g/mol. The zero-order valence-electron chi connectivity index (χ0n) is 8.84. The first-order chi connectivity index (χ1) is 8.25. The molecule has 0 saturated carbocycles. The SMILES string of the molecule is O=C([O-])C1CSC(c2c[nH]c3ccccc23)=N1. The Kier molecular flexibility index (Phi) is 2.40. The van der Waals surface area contributed by atoms with Crippen molar-refractivity contribution in [3.8, 4) is 0 Å². The summed E-state index contributed by atoms with van der Waals surface area (Å²) in [5.74, 6) is -0.649. The minimum atomic E-state index is -1.10. The second-order valence-electron chi connectivity index (χ2n) is 3.83. The first-order valence-electron chi connectivity index (χ1n) is 5.23. The van der Waals surface area contributed by atoms with E-state index in [9.17, 15) is 9.90 Å². The van der Waals surface area contributed by atoms with Crippen LogP contribution in [0.3, 0.4) is 0 Å². The third-order valence-corrected chi connectivity index (χ3v) is 3.82. The van der Waals surface area contributed by atoms with Crippen molar-refractivity contribution >= 4 is 33.7 Å². The number of aromatic amines is 1. The van der Waals surface area contributed by atoms with E-state index in [0.717, 1.165) is 21.5 Å². The summed E-state index contributed by atoms with van der Waals surface area (Å²) in [6, 6.07) is 7.17. The molecule has 1 N–H and O–H groups in total. The van der Waals surface area contributed by atoms with Gasteiger partial charge in [-0.2, -0.15) is 0 Å². The average Bonchev–Trinajstić information content (AvgIpc) is 2.95.